The Bertz CT molecular complexity index is 395. The maximum atomic E-state index is 4.45. The highest BCUT2D eigenvalue weighted by atomic mass is 15.3. The van der Waals surface area contributed by atoms with Gasteiger partial charge in [-0.2, -0.15) is 5.10 Å². The van der Waals surface area contributed by atoms with Crippen LogP contribution in [0.15, 0.2) is 6.33 Å². The lowest BCUT2D eigenvalue weighted by Crippen LogP contribution is -2.37. The zero-order chi connectivity index (χ0) is 13.9. The third-order valence-corrected chi connectivity index (χ3v) is 4.20. The molecule has 1 aliphatic carbocycles. The van der Waals surface area contributed by atoms with E-state index in [9.17, 15) is 0 Å². The second-order valence-corrected chi connectivity index (χ2v) is 6.62. The molecule has 1 unspecified atom stereocenters. The average Bonchev–Trinajstić information content (AvgIpc) is 3.12. The first-order valence-electron chi connectivity index (χ1n) is 7.62. The van der Waals surface area contributed by atoms with Crippen molar-refractivity contribution in [1.29, 1.82) is 0 Å². The summed E-state index contributed by atoms with van der Waals surface area (Å²) in [4.78, 5) is 4.45. The van der Waals surface area contributed by atoms with Crippen molar-refractivity contribution in [3.05, 3.63) is 12.2 Å². The van der Waals surface area contributed by atoms with Gasteiger partial charge in [0.2, 0.25) is 0 Å². The molecule has 2 rings (SSSR count). The topological polar surface area (TPSA) is 42.7 Å². The summed E-state index contributed by atoms with van der Waals surface area (Å²) in [5.74, 6) is 2.71. The molecule has 108 valence electrons. The third-order valence-electron chi connectivity index (χ3n) is 4.20. The van der Waals surface area contributed by atoms with Crippen LogP contribution in [0.25, 0.3) is 0 Å². The Kier molecular flexibility index (Phi) is 4.61. The largest absolute Gasteiger partial charge is 0.316 e. The van der Waals surface area contributed by atoms with Gasteiger partial charge < -0.3 is 5.32 Å². The molecule has 1 N–H and O–H groups in total. The summed E-state index contributed by atoms with van der Waals surface area (Å²) in [6, 6.07) is 0. The van der Waals surface area contributed by atoms with Crippen LogP contribution in [0, 0.1) is 17.3 Å². The molecule has 1 aromatic rings. The Morgan fingerprint density at radius 2 is 2.21 bits per heavy atom. The van der Waals surface area contributed by atoms with Crippen molar-refractivity contribution in [2.75, 3.05) is 13.1 Å². The minimum atomic E-state index is 0.328. The molecule has 1 aliphatic rings. The van der Waals surface area contributed by atoms with Gasteiger partial charge in [0.15, 0.2) is 0 Å². The van der Waals surface area contributed by atoms with Crippen LogP contribution in [-0.2, 0) is 13.0 Å². The van der Waals surface area contributed by atoms with Gasteiger partial charge in [0, 0.05) is 19.5 Å². The van der Waals surface area contributed by atoms with Gasteiger partial charge in [0.1, 0.15) is 12.2 Å². The summed E-state index contributed by atoms with van der Waals surface area (Å²) < 4.78 is 2.03. The normalized spacial score (nSPS) is 18.8. The molecule has 1 fully saturated rings. The molecule has 4 heteroatoms. The first kappa shape index (κ1) is 14.5. The van der Waals surface area contributed by atoms with Crippen LogP contribution in [0.1, 0.15) is 46.4 Å². The second kappa shape index (κ2) is 6.04. The SMILES string of the molecule is CCn1ncnc1CC(C)(CNCC(C)C)C1CC1. The highest BCUT2D eigenvalue weighted by molar-refractivity contribution is 5.00. The fraction of sp³-hybridized carbons (Fsp3) is 0.867. The summed E-state index contributed by atoms with van der Waals surface area (Å²) in [7, 11) is 0. The van der Waals surface area contributed by atoms with E-state index in [4.69, 9.17) is 0 Å². The van der Waals surface area contributed by atoms with E-state index in [-0.39, 0.29) is 0 Å². The lowest BCUT2D eigenvalue weighted by molar-refractivity contribution is 0.243. The van der Waals surface area contributed by atoms with Crippen LogP contribution in [0.4, 0.5) is 0 Å². The maximum Gasteiger partial charge on any atom is 0.138 e. The molecule has 1 saturated carbocycles. The highest BCUT2D eigenvalue weighted by Gasteiger charge is 2.42. The van der Waals surface area contributed by atoms with E-state index in [2.05, 4.69) is 43.1 Å². The first-order valence-corrected chi connectivity index (χ1v) is 7.62. The van der Waals surface area contributed by atoms with Crippen molar-refractivity contribution in [2.45, 2.75) is 53.5 Å². The minimum absolute atomic E-state index is 0.328. The number of rotatable bonds is 8. The number of aromatic nitrogens is 3. The van der Waals surface area contributed by atoms with Crippen LogP contribution in [0.3, 0.4) is 0 Å². The Morgan fingerprint density at radius 3 is 2.79 bits per heavy atom. The van der Waals surface area contributed by atoms with Gasteiger partial charge in [0.25, 0.3) is 0 Å². The van der Waals surface area contributed by atoms with E-state index in [1.807, 2.05) is 4.68 Å². The van der Waals surface area contributed by atoms with Crippen LogP contribution < -0.4 is 5.32 Å². The fourth-order valence-electron chi connectivity index (χ4n) is 2.83. The van der Waals surface area contributed by atoms with E-state index < -0.39 is 0 Å². The standard InChI is InChI=1S/C15H28N4/c1-5-19-14(17-11-18-19)8-15(4,13-6-7-13)10-16-9-12(2)3/h11-13,16H,5-10H2,1-4H3. The van der Waals surface area contributed by atoms with Gasteiger partial charge in [-0.05, 0) is 43.6 Å². The van der Waals surface area contributed by atoms with Crippen LogP contribution >= 0.6 is 0 Å². The van der Waals surface area contributed by atoms with Gasteiger partial charge >= 0.3 is 0 Å². The van der Waals surface area contributed by atoms with E-state index in [1.165, 1.54) is 12.8 Å². The molecule has 0 aromatic carbocycles. The summed E-state index contributed by atoms with van der Waals surface area (Å²) in [6.45, 7) is 12.2. The van der Waals surface area contributed by atoms with Crippen LogP contribution in [0.5, 0.6) is 0 Å². The summed E-state index contributed by atoms with van der Waals surface area (Å²) in [5.41, 5.74) is 0.328. The third kappa shape index (κ3) is 3.78. The highest BCUT2D eigenvalue weighted by Crippen LogP contribution is 2.46. The fourth-order valence-corrected chi connectivity index (χ4v) is 2.83. The molecule has 0 bridgehead atoms. The zero-order valence-electron chi connectivity index (χ0n) is 12.8. The molecule has 0 aliphatic heterocycles. The van der Waals surface area contributed by atoms with Gasteiger partial charge in [-0.25, -0.2) is 4.98 Å². The summed E-state index contributed by atoms with van der Waals surface area (Å²) in [6.07, 6.45) is 5.48. The maximum absolute atomic E-state index is 4.45. The molecular weight excluding hydrogens is 236 g/mol. The second-order valence-electron chi connectivity index (χ2n) is 6.62. The predicted molar refractivity (Wildman–Crippen MR) is 77.9 cm³/mol. The van der Waals surface area contributed by atoms with Gasteiger partial charge in [-0.15, -0.1) is 0 Å². The van der Waals surface area contributed by atoms with Crippen molar-refractivity contribution in [2.24, 2.45) is 17.3 Å². The number of hydrogen-bond acceptors (Lipinski definition) is 3. The Balaban J connectivity index is 1.98. The van der Waals surface area contributed by atoms with E-state index in [0.717, 1.165) is 37.8 Å². The van der Waals surface area contributed by atoms with E-state index >= 15 is 0 Å². The van der Waals surface area contributed by atoms with Gasteiger partial charge in [0.05, 0.1) is 0 Å². The number of aryl methyl sites for hydroxylation is 1. The van der Waals surface area contributed by atoms with Crippen molar-refractivity contribution in [1.82, 2.24) is 20.1 Å². The molecule has 4 nitrogen and oxygen atoms in total. The lowest BCUT2D eigenvalue weighted by atomic mass is 9.81. The molecule has 0 radical (unpaired) electrons. The summed E-state index contributed by atoms with van der Waals surface area (Å²) in [5, 5.41) is 7.93. The molecule has 19 heavy (non-hydrogen) atoms. The first-order chi connectivity index (χ1) is 9.05. The van der Waals surface area contributed by atoms with Gasteiger partial charge in [-0.3, -0.25) is 4.68 Å². The van der Waals surface area contributed by atoms with Crippen molar-refractivity contribution >= 4 is 0 Å². The Labute approximate surface area is 117 Å². The van der Waals surface area contributed by atoms with Crippen LogP contribution in [0.2, 0.25) is 0 Å². The Morgan fingerprint density at radius 1 is 1.47 bits per heavy atom. The minimum Gasteiger partial charge on any atom is -0.316 e. The summed E-state index contributed by atoms with van der Waals surface area (Å²) >= 11 is 0. The zero-order valence-corrected chi connectivity index (χ0v) is 12.8. The molecule has 1 atom stereocenters. The molecule has 1 heterocycles. The molecular formula is C15H28N4. The van der Waals surface area contributed by atoms with Crippen molar-refractivity contribution < 1.29 is 0 Å². The monoisotopic (exact) mass is 264 g/mol. The quantitative estimate of drug-likeness (QED) is 0.784. The molecule has 0 amide bonds. The van der Waals surface area contributed by atoms with Crippen LogP contribution in [-0.4, -0.2) is 27.9 Å². The molecule has 0 saturated heterocycles. The molecule has 0 spiro atoms. The number of nitrogens with zero attached hydrogens (tertiary/aromatic N) is 3. The number of hydrogen-bond donors (Lipinski definition) is 1. The average molecular weight is 264 g/mol. The van der Waals surface area contributed by atoms with Gasteiger partial charge in [-0.1, -0.05) is 20.8 Å². The smallest absolute Gasteiger partial charge is 0.138 e. The van der Waals surface area contributed by atoms with E-state index in [1.54, 1.807) is 6.33 Å². The lowest BCUT2D eigenvalue weighted by Gasteiger charge is -2.30. The van der Waals surface area contributed by atoms with E-state index in [0.29, 0.717) is 11.3 Å². The molecule has 1 aromatic heterocycles. The van der Waals surface area contributed by atoms with Crippen molar-refractivity contribution in [3.8, 4) is 0 Å². The predicted octanol–water partition coefficient (Wildman–Crippen LogP) is 2.50. The number of nitrogens with one attached hydrogen (secondary N) is 1. The van der Waals surface area contributed by atoms with Crippen molar-refractivity contribution in [3.63, 3.8) is 0 Å². The Hall–Kier alpha value is -0.900.